The van der Waals surface area contributed by atoms with Gasteiger partial charge in [-0.2, -0.15) is 0 Å². The van der Waals surface area contributed by atoms with Crippen molar-refractivity contribution >= 4 is 5.78 Å². The van der Waals surface area contributed by atoms with Crippen LogP contribution in [0.2, 0.25) is 0 Å². The van der Waals surface area contributed by atoms with E-state index >= 15 is 0 Å². The first-order valence-electron chi connectivity index (χ1n) is 7.29. The van der Waals surface area contributed by atoms with E-state index in [2.05, 4.69) is 0 Å². The van der Waals surface area contributed by atoms with Crippen molar-refractivity contribution in [3.8, 4) is 11.4 Å². The van der Waals surface area contributed by atoms with Gasteiger partial charge in [0, 0.05) is 0 Å². The monoisotopic (exact) mass is 328 g/mol. The van der Waals surface area contributed by atoms with Crippen LogP contribution in [0.3, 0.4) is 0 Å². The van der Waals surface area contributed by atoms with E-state index in [4.69, 9.17) is 0 Å². The summed E-state index contributed by atoms with van der Waals surface area (Å²) in [5, 5.41) is 0. The zero-order valence-corrected chi connectivity index (χ0v) is 13.1. The summed E-state index contributed by atoms with van der Waals surface area (Å²) in [5.41, 5.74) is -0.528. The molecule has 122 valence electrons. The van der Waals surface area contributed by atoms with Crippen LogP contribution in [0.1, 0.15) is 23.0 Å². The van der Waals surface area contributed by atoms with Crippen LogP contribution in [0.4, 0.5) is 8.78 Å². The summed E-state index contributed by atoms with van der Waals surface area (Å²) in [4.78, 5) is 24.6. The van der Waals surface area contributed by atoms with Gasteiger partial charge in [-0.1, -0.05) is 24.3 Å². The molecule has 0 amide bonds. The van der Waals surface area contributed by atoms with E-state index < -0.39 is 23.0 Å². The number of para-hydroxylation sites is 2. The average Bonchev–Trinajstić information content (AvgIpc) is 2.79. The number of aromatic nitrogens is 2. The zero-order chi connectivity index (χ0) is 17.4. The van der Waals surface area contributed by atoms with Gasteiger partial charge in [0.25, 0.3) is 5.56 Å². The molecule has 0 saturated heterocycles. The lowest BCUT2D eigenvalue weighted by atomic mass is 10.2. The Labute approximate surface area is 136 Å². The van der Waals surface area contributed by atoms with Gasteiger partial charge in [0.2, 0.25) is 0 Å². The number of ketones is 1. The van der Waals surface area contributed by atoms with Gasteiger partial charge in [0.05, 0.1) is 11.4 Å². The zero-order valence-electron chi connectivity index (χ0n) is 13.1. The van der Waals surface area contributed by atoms with Crippen molar-refractivity contribution in [3.63, 3.8) is 0 Å². The molecule has 1 aromatic heterocycles. The largest absolute Gasteiger partial charge is 0.294 e. The Morgan fingerprint density at radius 1 is 0.875 bits per heavy atom. The third kappa shape index (κ3) is 2.36. The molecule has 24 heavy (non-hydrogen) atoms. The molecule has 0 bridgehead atoms. The number of rotatable bonds is 3. The minimum Gasteiger partial charge on any atom is -0.294 e. The predicted molar refractivity (Wildman–Crippen MR) is 86.0 cm³/mol. The second-order valence-corrected chi connectivity index (χ2v) is 5.35. The third-order valence-corrected chi connectivity index (χ3v) is 3.80. The SMILES string of the molecule is CC(=O)c1c(C)n(-c2ccccc2F)n(-c2ccccc2F)c1=O. The summed E-state index contributed by atoms with van der Waals surface area (Å²) in [6.07, 6.45) is 0. The molecule has 3 rings (SSSR count). The molecule has 2 aromatic carbocycles. The maximum absolute atomic E-state index is 14.3. The van der Waals surface area contributed by atoms with Crippen LogP contribution < -0.4 is 5.56 Å². The van der Waals surface area contributed by atoms with Gasteiger partial charge < -0.3 is 0 Å². The van der Waals surface area contributed by atoms with Gasteiger partial charge in [-0.3, -0.25) is 9.59 Å². The van der Waals surface area contributed by atoms with Crippen molar-refractivity contribution in [2.75, 3.05) is 0 Å². The van der Waals surface area contributed by atoms with Crippen molar-refractivity contribution in [2.24, 2.45) is 0 Å². The quantitative estimate of drug-likeness (QED) is 0.692. The molecule has 6 heteroatoms. The third-order valence-electron chi connectivity index (χ3n) is 3.80. The van der Waals surface area contributed by atoms with E-state index in [-0.39, 0.29) is 22.6 Å². The van der Waals surface area contributed by atoms with Gasteiger partial charge in [-0.15, -0.1) is 0 Å². The number of nitrogens with zero attached hydrogens (tertiary/aromatic N) is 2. The molecule has 0 aliphatic heterocycles. The van der Waals surface area contributed by atoms with E-state index in [1.807, 2.05) is 0 Å². The molecule has 0 unspecified atom stereocenters. The highest BCUT2D eigenvalue weighted by Gasteiger charge is 2.24. The Bertz CT molecular complexity index is 1000. The minimum atomic E-state index is -0.687. The minimum absolute atomic E-state index is 0.0543. The number of hydrogen-bond donors (Lipinski definition) is 0. The van der Waals surface area contributed by atoms with Crippen molar-refractivity contribution in [3.05, 3.63) is 81.8 Å². The molecule has 1 heterocycles. The van der Waals surface area contributed by atoms with E-state index in [1.54, 1.807) is 12.1 Å². The number of halogens is 2. The number of hydrogen-bond acceptors (Lipinski definition) is 2. The molecule has 0 fully saturated rings. The lowest BCUT2D eigenvalue weighted by Crippen LogP contribution is -2.24. The van der Waals surface area contributed by atoms with Gasteiger partial charge in [-0.25, -0.2) is 18.1 Å². The molecule has 0 spiro atoms. The molecule has 0 aliphatic rings. The highest BCUT2D eigenvalue weighted by atomic mass is 19.1. The van der Waals surface area contributed by atoms with Crippen molar-refractivity contribution in [2.45, 2.75) is 13.8 Å². The fourth-order valence-corrected chi connectivity index (χ4v) is 2.77. The fourth-order valence-electron chi connectivity index (χ4n) is 2.77. The summed E-state index contributed by atoms with van der Waals surface area (Å²) in [6.45, 7) is 2.78. The maximum Gasteiger partial charge on any atom is 0.282 e. The van der Waals surface area contributed by atoms with Crippen LogP contribution in [0.15, 0.2) is 53.3 Å². The highest BCUT2D eigenvalue weighted by molar-refractivity contribution is 5.95. The summed E-state index contributed by atoms with van der Waals surface area (Å²) in [5.74, 6) is -1.70. The topological polar surface area (TPSA) is 44.0 Å². The Hall–Kier alpha value is -3.02. The number of carbonyl (C=O) groups excluding carboxylic acids is 1. The van der Waals surface area contributed by atoms with E-state index in [0.717, 1.165) is 4.68 Å². The Morgan fingerprint density at radius 2 is 1.33 bits per heavy atom. The van der Waals surface area contributed by atoms with Crippen LogP contribution in [0.5, 0.6) is 0 Å². The first-order valence-corrected chi connectivity index (χ1v) is 7.29. The number of carbonyl (C=O) groups is 1. The lowest BCUT2D eigenvalue weighted by molar-refractivity contribution is 0.101. The molecule has 0 N–H and O–H groups in total. The Kier molecular flexibility index (Phi) is 3.89. The van der Waals surface area contributed by atoms with Crippen molar-refractivity contribution < 1.29 is 13.6 Å². The standard InChI is InChI=1S/C18H14F2N2O2/c1-11-17(12(2)23)18(24)22(16-10-6-4-8-14(16)20)21(11)15-9-5-3-7-13(15)19/h3-10H,1-2H3. The molecule has 0 radical (unpaired) electrons. The predicted octanol–water partition coefficient (Wildman–Crippen LogP) is 3.42. The van der Waals surface area contributed by atoms with Gasteiger partial charge in [0.1, 0.15) is 22.9 Å². The summed E-state index contributed by atoms with van der Waals surface area (Å²) in [7, 11) is 0. The van der Waals surface area contributed by atoms with E-state index in [1.165, 1.54) is 54.9 Å². The van der Waals surface area contributed by atoms with Gasteiger partial charge >= 0.3 is 0 Å². The number of Topliss-reactive ketones (excluding diaryl/α,β-unsaturated/α-hetero) is 1. The van der Waals surface area contributed by atoms with E-state index in [0.29, 0.717) is 0 Å². The summed E-state index contributed by atoms with van der Waals surface area (Å²) in [6, 6.07) is 11.4. The lowest BCUT2D eigenvalue weighted by Gasteiger charge is -2.14. The van der Waals surface area contributed by atoms with Gasteiger partial charge in [0.15, 0.2) is 5.78 Å². The maximum atomic E-state index is 14.3. The Balaban J connectivity index is 2.47. The summed E-state index contributed by atoms with van der Waals surface area (Å²) < 4.78 is 30.7. The van der Waals surface area contributed by atoms with E-state index in [9.17, 15) is 18.4 Å². The van der Waals surface area contributed by atoms with Crippen molar-refractivity contribution in [1.29, 1.82) is 0 Å². The first kappa shape index (κ1) is 15.9. The van der Waals surface area contributed by atoms with Crippen LogP contribution in [0, 0.1) is 18.6 Å². The number of benzene rings is 2. The summed E-state index contributed by atoms with van der Waals surface area (Å²) >= 11 is 0. The second-order valence-electron chi connectivity index (χ2n) is 5.35. The molecule has 4 nitrogen and oxygen atoms in total. The molecular weight excluding hydrogens is 314 g/mol. The molecule has 3 aromatic rings. The van der Waals surface area contributed by atoms with Crippen LogP contribution >= 0.6 is 0 Å². The smallest absolute Gasteiger partial charge is 0.282 e. The molecule has 0 aliphatic carbocycles. The van der Waals surface area contributed by atoms with Crippen molar-refractivity contribution in [1.82, 2.24) is 9.36 Å². The fraction of sp³-hybridized carbons (Fsp3) is 0.111. The van der Waals surface area contributed by atoms with Gasteiger partial charge in [-0.05, 0) is 38.1 Å². The highest BCUT2D eigenvalue weighted by Crippen LogP contribution is 2.21. The second kappa shape index (κ2) is 5.88. The first-order chi connectivity index (χ1) is 11.4. The normalized spacial score (nSPS) is 10.8. The van der Waals surface area contributed by atoms with Crippen LogP contribution in [-0.4, -0.2) is 15.1 Å². The molecule has 0 saturated carbocycles. The molecule has 0 atom stereocenters. The molecular formula is C18H14F2N2O2. The average molecular weight is 328 g/mol. The van der Waals surface area contributed by atoms with Crippen LogP contribution in [0.25, 0.3) is 11.4 Å². The van der Waals surface area contributed by atoms with Crippen LogP contribution in [-0.2, 0) is 0 Å². The Morgan fingerprint density at radius 3 is 1.79 bits per heavy atom.